The molecule has 0 rings (SSSR count). The molecule has 0 aromatic rings. The van der Waals surface area contributed by atoms with Gasteiger partial charge in [-0.2, -0.15) is 0 Å². The molecule has 0 unspecified atom stereocenters. The minimum Gasteiger partial charge on any atom is -0.355 e. The summed E-state index contributed by atoms with van der Waals surface area (Å²) in [6.07, 6.45) is 0. The molecule has 0 spiro atoms. The largest absolute Gasteiger partial charge is 0.355 e. The lowest BCUT2D eigenvalue weighted by molar-refractivity contribution is -0.126. The smallest absolute Gasteiger partial charge is 0.241 e. The topological polar surface area (TPSA) is 67.2 Å². The van der Waals surface area contributed by atoms with Crippen molar-refractivity contribution in [2.24, 2.45) is 5.84 Å². The summed E-state index contributed by atoms with van der Waals surface area (Å²) in [6, 6.07) is 0. The third-order valence-electron chi connectivity index (χ3n) is 1.27. The molecule has 10 heavy (non-hydrogen) atoms. The molecule has 1 amide bonds. The fourth-order valence-electron chi connectivity index (χ4n) is 0.447. The predicted molar refractivity (Wildman–Crippen MR) is 40.1 cm³/mol. The summed E-state index contributed by atoms with van der Waals surface area (Å²) in [7, 11) is 0. The van der Waals surface area contributed by atoms with Gasteiger partial charge in [-0.3, -0.25) is 10.6 Å². The normalized spacial score (nSPS) is 11.2. The monoisotopic (exact) mass is 145 g/mol. The highest BCUT2D eigenvalue weighted by Crippen LogP contribution is 1.97. The van der Waals surface area contributed by atoms with Crippen LogP contribution in [0.1, 0.15) is 20.8 Å². The van der Waals surface area contributed by atoms with Crippen LogP contribution in [0.5, 0.6) is 0 Å². The van der Waals surface area contributed by atoms with E-state index in [1.54, 1.807) is 13.8 Å². The van der Waals surface area contributed by atoms with Crippen LogP contribution in [-0.4, -0.2) is 18.0 Å². The third-order valence-corrected chi connectivity index (χ3v) is 1.27. The van der Waals surface area contributed by atoms with Crippen LogP contribution in [0.3, 0.4) is 0 Å². The van der Waals surface area contributed by atoms with E-state index in [9.17, 15) is 4.79 Å². The Morgan fingerprint density at radius 3 is 2.40 bits per heavy atom. The fourth-order valence-corrected chi connectivity index (χ4v) is 0.447. The van der Waals surface area contributed by atoms with Gasteiger partial charge >= 0.3 is 0 Å². The van der Waals surface area contributed by atoms with Gasteiger partial charge in [0.15, 0.2) is 0 Å². The third kappa shape index (κ3) is 2.33. The van der Waals surface area contributed by atoms with Gasteiger partial charge in [0.1, 0.15) is 5.54 Å². The lowest BCUT2D eigenvalue weighted by Gasteiger charge is -2.21. The molecule has 0 saturated heterocycles. The van der Waals surface area contributed by atoms with Crippen molar-refractivity contribution in [1.29, 1.82) is 0 Å². The molecular formula is C6H15N3O. The standard InChI is InChI=1S/C6H15N3O/c1-4-8-5(10)6(2,3)9-7/h9H,4,7H2,1-3H3,(H,8,10). The maximum Gasteiger partial charge on any atom is 0.241 e. The number of nitrogens with two attached hydrogens (primary N) is 1. The molecule has 4 nitrogen and oxygen atoms in total. The van der Waals surface area contributed by atoms with E-state index in [1.165, 1.54) is 0 Å². The van der Waals surface area contributed by atoms with E-state index in [-0.39, 0.29) is 5.91 Å². The van der Waals surface area contributed by atoms with Gasteiger partial charge in [-0.15, -0.1) is 0 Å². The van der Waals surface area contributed by atoms with Crippen LogP contribution < -0.4 is 16.6 Å². The Morgan fingerprint density at radius 1 is 1.60 bits per heavy atom. The summed E-state index contributed by atoms with van der Waals surface area (Å²) < 4.78 is 0. The molecule has 0 fully saturated rings. The molecule has 0 radical (unpaired) electrons. The fraction of sp³-hybridized carbons (Fsp3) is 0.833. The average molecular weight is 145 g/mol. The zero-order valence-corrected chi connectivity index (χ0v) is 6.69. The van der Waals surface area contributed by atoms with E-state index in [0.717, 1.165) is 0 Å². The summed E-state index contributed by atoms with van der Waals surface area (Å²) in [5, 5.41) is 2.66. The molecule has 0 aliphatic rings. The first-order chi connectivity index (χ1) is 4.54. The minimum atomic E-state index is -0.671. The molecule has 0 heterocycles. The number of amides is 1. The molecular weight excluding hydrogens is 130 g/mol. The Kier molecular flexibility index (Phi) is 3.32. The van der Waals surface area contributed by atoms with Crippen LogP contribution in [0.4, 0.5) is 0 Å². The first-order valence-electron chi connectivity index (χ1n) is 3.30. The van der Waals surface area contributed by atoms with Crippen molar-refractivity contribution in [3.05, 3.63) is 0 Å². The number of nitrogens with one attached hydrogen (secondary N) is 2. The second kappa shape index (κ2) is 3.53. The van der Waals surface area contributed by atoms with E-state index in [2.05, 4.69) is 10.7 Å². The van der Waals surface area contributed by atoms with Crippen LogP contribution in [0, 0.1) is 0 Å². The van der Waals surface area contributed by atoms with E-state index in [4.69, 9.17) is 5.84 Å². The number of rotatable bonds is 3. The summed E-state index contributed by atoms with van der Waals surface area (Å²) >= 11 is 0. The highest BCUT2D eigenvalue weighted by atomic mass is 16.2. The zero-order valence-electron chi connectivity index (χ0n) is 6.69. The second-order valence-corrected chi connectivity index (χ2v) is 2.63. The van der Waals surface area contributed by atoms with Crippen molar-refractivity contribution in [1.82, 2.24) is 10.7 Å². The number of hydrogen-bond acceptors (Lipinski definition) is 3. The second-order valence-electron chi connectivity index (χ2n) is 2.63. The Hall–Kier alpha value is -0.610. The number of hydrogen-bond donors (Lipinski definition) is 3. The van der Waals surface area contributed by atoms with Gasteiger partial charge in [-0.25, -0.2) is 5.43 Å². The predicted octanol–water partition coefficient (Wildman–Crippen LogP) is -0.636. The molecule has 0 bridgehead atoms. The van der Waals surface area contributed by atoms with Gasteiger partial charge in [-0.1, -0.05) is 0 Å². The number of carbonyl (C=O) groups is 1. The minimum absolute atomic E-state index is 0.0856. The highest BCUT2D eigenvalue weighted by Gasteiger charge is 2.24. The first-order valence-corrected chi connectivity index (χ1v) is 3.30. The molecule has 0 aromatic heterocycles. The van der Waals surface area contributed by atoms with Crippen LogP contribution in [0.2, 0.25) is 0 Å². The Bertz CT molecular complexity index is 122. The lowest BCUT2D eigenvalue weighted by atomic mass is 10.1. The van der Waals surface area contributed by atoms with Gasteiger partial charge in [0.2, 0.25) is 5.91 Å². The van der Waals surface area contributed by atoms with Crippen molar-refractivity contribution in [2.75, 3.05) is 6.54 Å². The lowest BCUT2D eigenvalue weighted by Crippen LogP contribution is -2.55. The maximum absolute atomic E-state index is 11.0. The van der Waals surface area contributed by atoms with Crippen LogP contribution in [0.15, 0.2) is 0 Å². The zero-order chi connectivity index (χ0) is 8.20. The molecule has 4 N–H and O–H groups in total. The first kappa shape index (κ1) is 9.39. The summed E-state index contributed by atoms with van der Waals surface area (Å²) in [6.45, 7) is 5.93. The summed E-state index contributed by atoms with van der Waals surface area (Å²) in [5.74, 6) is 5.04. The molecule has 0 aliphatic carbocycles. The Morgan fingerprint density at radius 2 is 2.10 bits per heavy atom. The molecule has 4 heteroatoms. The molecule has 0 atom stereocenters. The van der Waals surface area contributed by atoms with Gasteiger partial charge in [0.05, 0.1) is 0 Å². The van der Waals surface area contributed by atoms with Gasteiger partial charge in [-0.05, 0) is 20.8 Å². The molecule has 0 aliphatic heterocycles. The summed E-state index contributed by atoms with van der Waals surface area (Å²) in [4.78, 5) is 11.0. The van der Waals surface area contributed by atoms with Crippen molar-refractivity contribution < 1.29 is 4.79 Å². The van der Waals surface area contributed by atoms with Gasteiger partial charge < -0.3 is 5.32 Å². The number of hydrazine groups is 1. The Labute approximate surface area is 61.1 Å². The summed E-state index contributed by atoms with van der Waals surface area (Å²) in [5.41, 5.74) is 1.74. The quantitative estimate of drug-likeness (QED) is 0.365. The SMILES string of the molecule is CCNC(=O)C(C)(C)NN. The van der Waals surface area contributed by atoms with Gasteiger partial charge in [0, 0.05) is 6.54 Å². The molecule has 0 aromatic carbocycles. The van der Waals surface area contributed by atoms with Gasteiger partial charge in [0.25, 0.3) is 0 Å². The van der Waals surface area contributed by atoms with Crippen LogP contribution >= 0.6 is 0 Å². The molecule has 60 valence electrons. The number of carbonyl (C=O) groups excluding carboxylic acids is 1. The van der Waals surface area contributed by atoms with E-state index in [1.807, 2.05) is 6.92 Å². The average Bonchev–Trinajstić information content (AvgIpc) is 1.89. The van der Waals surface area contributed by atoms with Crippen LogP contribution in [0.25, 0.3) is 0 Å². The Balaban J connectivity index is 3.91. The van der Waals surface area contributed by atoms with Crippen molar-refractivity contribution >= 4 is 5.91 Å². The van der Waals surface area contributed by atoms with Crippen LogP contribution in [-0.2, 0) is 4.79 Å². The highest BCUT2D eigenvalue weighted by molar-refractivity contribution is 5.85. The number of likely N-dealkylation sites (N-methyl/N-ethyl adjacent to an activating group) is 1. The van der Waals surface area contributed by atoms with Crippen molar-refractivity contribution in [2.45, 2.75) is 26.3 Å². The van der Waals surface area contributed by atoms with E-state index < -0.39 is 5.54 Å². The van der Waals surface area contributed by atoms with Crippen molar-refractivity contribution in [3.8, 4) is 0 Å². The maximum atomic E-state index is 11.0. The van der Waals surface area contributed by atoms with E-state index in [0.29, 0.717) is 6.54 Å². The van der Waals surface area contributed by atoms with E-state index >= 15 is 0 Å². The molecule has 0 saturated carbocycles. The van der Waals surface area contributed by atoms with Crippen molar-refractivity contribution in [3.63, 3.8) is 0 Å².